The van der Waals surface area contributed by atoms with Crippen molar-refractivity contribution in [2.45, 2.75) is 19.3 Å². The van der Waals surface area contributed by atoms with E-state index in [0.717, 1.165) is 0 Å². The largest absolute Gasteiger partial charge is 0.398 e. The topological polar surface area (TPSA) is 55.1 Å². The molecule has 2 rings (SSSR count). The first-order chi connectivity index (χ1) is 7.15. The predicted molar refractivity (Wildman–Crippen MR) is 61.8 cm³/mol. The van der Waals surface area contributed by atoms with Gasteiger partial charge in [0.1, 0.15) is 0 Å². The van der Waals surface area contributed by atoms with Crippen LogP contribution in [0.1, 0.15) is 19.3 Å². The second-order valence-corrected chi connectivity index (χ2v) is 4.34. The number of rotatable bonds is 3. The molecule has 1 amide bonds. The molecule has 15 heavy (non-hydrogen) atoms. The molecule has 1 aromatic carbocycles. The van der Waals surface area contributed by atoms with Gasteiger partial charge in [-0.1, -0.05) is 11.6 Å². The highest BCUT2D eigenvalue weighted by atomic mass is 35.5. The zero-order chi connectivity index (χ0) is 10.8. The van der Waals surface area contributed by atoms with Crippen LogP contribution in [0, 0.1) is 5.92 Å². The number of nitrogen functional groups attached to an aromatic ring is 1. The van der Waals surface area contributed by atoms with E-state index in [2.05, 4.69) is 5.32 Å². The summed E-state index contributed by atoms with van der Waals surface area (Å²) in [6, 6.07) is 5.11. The standard InChI is InChI=1S/C11H13ClN2O/c12-9-6-8(3-4-10(9)13)14-11(15)5-7-1-2-7/h3-4,6-7H,1-2,5,13H2,(H,14,15). The molecule has 3 nitrogen and oxygen atoms in total. The third-order valence-corrected chi connectivity index (χ3v) is 2.78. The van der Waals surface area contributed by atoms with Gasteiger partial charge in [0.25, 0.3) is 0 Å². The van der Waals surface area contributed by atoms with Crippen LogP contribution in [0.5, 0.6) is 0 Å². The van der Waals surface area contributed by atoms with E-state index in [9.17, 15) is 4.79 Å². The maximum absolute atomic E-state index is 11.5. The van der Waals surface area contributed by atoms with Gasteiger partial charge in [0, 0.05) is 12.1 Å². The maximum Gasteiger partial charge on any atom is 0.224 e. The lowest BCUT2D eigenvalue weighted by Gasteiger charge is -2.06. The van der Waals surface area contributed by atoms with Crippen molar-refractivity contribution in [2.75, 3.05) is 11.1 Å². The molecule has 1 aromatic rings. The number of carbonyl (C=O) groups is 1. The zero-order valence-electron chi connectivity index (χ0n) is 8.29. The van der Waals surface area contributed by atoms with Crippen molar-refractivity contribution in [3.8, 4) is 0 Å². The second kappa shape index (κ2) is 4.11. The minimum Gasteiger partial charge on any atom is -0.398 e. The van der Waals surface area contributed by atoms with E-state index in [1.165, 1.54) is 12.8 Å². The zero-order valence-corrected chi connectivity index (χ0v) is 9.05. The van der Waals surface area contributed by atoms with Gasteiger partial charge in [-0.05, 0) is 37.0 Å². The summed E-state index contributed by atoms with van der Waals surface area (Å²) in [5.74, 6) is 0.646. The molecule has 0 saturated heterocycles. The van der Waals surface area contributed by atoms with E-state index in [-0.39, 0.29) is 5.91 Å². The fourth-order valence-corrected chi connectivity index (χ4v) is 1.58. The molecule has 0 heterocycles. The van der Waals surface area contributed by atoms with E-state index < -0.39 is 0 Å². The number of hydrogen-bond donors (Lipinski definition) is 2. The molecule has 0 unspecified atom stereocenters. The van der Waals surface area contributed by atoms with Crippen molar-refractivity contribution in [1.29, 1.82) is 0 Å². The average molecular weight is 225 g/mol. The number of nitrogens with one attached hydrogen (secondary N) is 1. The smallest absolute Gasteiger partial charge is 0.224 e. The van der Waals surface area contributed by atoms with Gasteiger partial charge >= 0.3 is 0 Å². The summed E-state index contributed by atoms with van der Waals surface area (Å²) in [6.45, 7) is 0. The molecular weight excluding hydrogens is 212 g/mol. The van der Waals surface area contributed by atoms with Gasteiger partial charge in [0.05, 0.1) is 10.7 Å². The van der Waals surface area contributed by atoms with Crippen LogP contribution >= 0.6 is 11.6 Å². The Hall–Kier alpha value is -1.22. The average Bonchev–Trinajstić information content (AvgIpc) is 2.95. The molecule has 3 N–H and O–H groups in total. The van der Waals surface area contributed by atoms with Crippen molar-refractivity contribution in [1.82, 2.24) is 0 Å². The Morgan fingerprint density at radius 3 is 2.87 bits per heavy atom. The van der Waals surface area contributed by atoms with Gasteiger partial charge in [0.2, 0.25) is 5.91 Å². The Morgan fingerprint density at radius 1 is 1.53 bits per heavy atom. The maximum atomic E-state index is 11.5. The lowest BCUT2D eigenvalue weighted by Crippen LogP contribution is -2.11. The molecule has 0 bridgehead atoms. The Labute approximate surface area is 93.6 Å². The molecule has 1 aliphatic carbocycles. The van der Waals surface area contributed by atoms with Crippen LogP contribution in [0.2, 0.25) is 5.02 Å². The number of anilines is 2. The number of hydrogen-bond acceptors (Lipinski definition) is 2. The minimum atomic E-state index is 0.0540. The van der Waals surface area contributed by atoms with Crippen LogP contribution in [0.4, 0.5) is 11.4 Å². The van der Waals surface area contributed by atoms with Crippen LogP contribution < -0.4 is 11.1 Å². The normalized spacial score (nSPS) is 15.0. The molecule has 0 atom stereocenters. The molecule has 4 heteroatoms. The number of halogens is 1. The van der Waals surface area contributed by atoms with Crippen molar-refractivity contribution in [3.63, 3.8) is 0 Å². The SMILES string of the molecule is Nc1ccc(NC(=O)CC2CC2)cc1Cl. The predicted octanol–water partition coefficient (Wildman–Crippen LogP) is 2.66. The summed E-state index contributed by atoms with van der Waals surface area (Å²) in [5.41, 5.74) is 6.80. The Balaban J connectivity index is 1.97. The van der Waals surface area contributed by atoms with Gasteiger partial charge in [0.15, 0.2) is 0 Å². The van der Waals surface area contributed by atoms with E-state index in [1.54, 1.807) is 18.2 Å². The van der Waals surface area contributed by atoms with Crippen LogP contribution in [0.15, 0.2) is 18.2 Å². The van der Waals surface area contributed by atoms with Gasteiger partial charge in [-0.25, -0.2) is 0 Å². The third-order valence-electron chi connectivity index (χ3n) is 2.46. The lowest BCUT2D eigenvalue weighted by atomic mass is 10.2. The van der Waals surface area contributed by atoms with Crippen molar-refractivity contribution < 1.29 is 4.79 Å². The fourth-order valence-electron chi connectivity index (χ4n) is 1.40. The second-order valence-electron chi connectivity index (χ2n) is 3.93. The molecular formula is C11H13ClN2O. The first-order valence-electron chi connectivity index (χ1n) is 5.00. The van der Waals surface area contributed by atoms with Crippen LogP contribution in [-0.2, 0) is 4.79 Å². The highest BCUT2D eigenvalue weighted by Gasteiger charge is 2.24. The van der Waals surface area contributed by atoms with E-state index >= 15 is 0 Å². The van der Waals surface area contributed by atoms with Crippen LogP contribution in [0.25, 0.3) is 0 Å². The molecule has 0 spiro atoms. The van der Waals surface area contributed by atoms with Crippen molar-refractivity contribution in [3.05, 3.63) is 23.2 Å². The quantitative estimate of drug-likeness (QED) is 0.776. The summed E-state index contributed by atoms with van der Waals surface area (Å²) >= 11 is 5.84. The highest BCUT2D eigenvalue weighted by Crippen LogP contribution is 2.32. The summed E-state index contributed by atoms with van der Waals surface area (Å²) in [7, 11) is 0. The van der Waals surface area contributed by atoms with Crippen molar-refractivity contribution in [2.24, 2.45) is 5.92 Å². The number of benzene rings is 1. The Morgan fingerprint density at radius 2 is 2.27 bits per heavy atom. The van der Waals surface area contributed by atoms with E-state index in [0.29, 0.717) is 28.7 Å². The molecule has 0 radical (unpaired) electrons. The summed E-state index contributed by atoms with van der Waals surface area (Å²) in [5, 5.41) is 3.27. The van der Waals surface area contributed by atoms with Crippen molar-refractivity contribution >= 4 is 28.9 Å². The molecule has 80 valence electrons. The summed E-state index contributed by atoms with van der Waals surface area (Å²) in [4.78, 5) is 11.5. The van der Waals surface area contributed by atoms with Crippen LogP contribution in [0.3, 0.4) is 0 Å². The summed E-state index contributed by atoms with van der Waals surface area (Å²) < 4.78 is 0. The fraction of sp³-hybridized carbons (Fsp3) is 0.364. The number of carbonyl (C=O) groups excluding carboxylic acids is 1. The molecule has 0 aromatic heterocycles. The summed E-state index contributed by atoms with van der Waals surface area (Å²) in [6.07, 6.45) is 2.97. The van der Waals surface area contributed by atoms with Gasteiger partial charge in [-0.15, -0.1) is 0 Å². The van der Waals surface area contributed by atoms with Gasteiger partial charge < -0.3 is 11.1 Å². The molecule has 1 saturated carbocycles. The van der Waals surface area contributed by atoms with Gasteiger partial charge in [-0.2, -0.15) is 0 Å². The molecule has 1 fully saturated rings. The first kappa shape index (κ1) is 10.3. The minimum absolute atomic E-state index is 0.0540. The third kappa shape index (κ3) is 2.86. The Bertz CT molecular complexity index is 388. The number of nitrogens with two attached hydrogens (primary N) is 1. The van der Waals surface area contributed by atoms with Gasteiger partial charge in [-0.3, -0.25) is 4.79 Å². The first-order valence-corrected chi connectivity index (χ1v) is 5.38. The monoisotopic (exact) mass is 224 g/mol. The lowest BCUT2D eigenvalue weighted by molar-refractivity contribution is -0.116. The molecule has 0 aliphatic heterocycles. The van der Waals surface area contributed by atoms with E-state index in [4.69, 9.17) is 17.3 Å². The highest BCUT2D eigenvalue weighted by molar-refractivity contribution is 6.33. The van der Waals surface area contributed by atoms with Crippen LogP contribution in [-0.4, -0.2) is 5.91 Å². The molecule has 1 aliphatic rings. The van der Waals surface area contributed by atoms with E-state index in [1.807, 2.05) is 0 Å². The number of amides is 1. The Kier molecular flexibility index (Phi) is 2.82.